The first-order valence-corrected chi connectivity index (χ1v) is 6.14. The van der Waals surface area contributed by atoms with Gasteiger partial charge in [0.25, 0.3) is 0 Å². The van der Waals surface area contributed by atoms with Crippen molar-refractivity contribution >= 4 is 23.1 Å². The van der Waals surface area contributed by atoms with Gasteiger partial charge in [-0.2, -0.15) is 0 Å². The molecule has 0 aliphatic rings. The van der Waals surface area contributed by atoms with E-state index in [1.54, 1.807) is 12.1 Å². The lowest BCUT2D eigenvalue weighted by molar-refractivity contribution is -0.124. The summed E-state index contributed by atoms with van der Waals surface area (Å²) in [5.41, 5.74) is 6.38. The fraction of sp³-hybridized carbons (Fsp3) is 0.385. The zero-order valence-electron chi connectivity index (χ0n) is 10.4. The van der Waals surface area contributed by atoms with Crippen molar-refractivity contribution in [2.24, 2.45) is 17.6 Å². The second-order valence-electron chi connectivity index (χ2n) is 4.47. The minimum atomic E-state index is -0.472. The van der Waals surface area contributed by atoms with Gasteiger partial charge in [0.15, 0.2) is 0 Å². The molecule has 1 atom stereocenters. The molecule has 1 rings (SSSR count). The molecule has 1 aromatic carbocycles. The first kappa shape index (κ1) is 14.6. The van der Waals surface area contributed by atoms with Crippen molar-refractivity contribution in [2.75, 3.05) is 0 Å². The predicted octanol–water partition coefficient (Wildman–Crippen LogP) is 2.00. The summed E-state index contributed by atoms with van der Waals surface area (Å²) in [6.45, 7) is 4.12. The number of benzene rings is 1. The van der Waals surface area contributed by atoms with Gasteiger partial charge in [0.2, 0.25) is 5.91 Å². The molecule has 3 N–H and O–H groups in total. The highest BCUT2D eigenvalue weighted by Gasteiger charge is 2.24. The van der Waals surface area contributed by atoms with Gasteiger partial charge in [-0.05, 0) is 23.6 Å². The second-order valence-corrected chi connectivity index (χ2v) is 4.94. The summed E-state index contributed by atoms with van der Waals surface area (Å²) in [4.78, 5) is 12.1. The Morgan fingerprint density at radius 1 is 1.39 bits per heavy atom. The SMILES string of the molecule is CC(C)C(C(=O)NCc1ccc(F)cc1)C(N)=S. The normalized spacial score (nSPS) is 12.2. The third kappa shape index (κ3) is 4.07. The van der Waals surface area contributed by atoms with Crippen LogP contribution >= 0.6 is 12.2 Å². The maximum Gasteiger partial charge on any atom is 0.230 e. The van der Waals surface area contributed by atoms with E-state index >= 15 is 0 Å². The van der Waals surface area contributed by atoms with Crippen LogP contribution in [0.15, 0.2) is 24.3 Å². The first-order valence-electron chi connectivity index (χ1n) is 5.73. The van der Waals surface area contributed by atoms with Gasteiger partial charge in [0.05, 0.1) is 10.9 Å². The van der Waals surface area contributed by atoms with E-state index in [0.717, 1.165) is 5.56 Å². The van der Waals surface area contributed by atoms with Crippen LogP contribution in [-0.4, -0.2) is 10.9 Å². The molecule has 0 aliphatic heterocycles. The van der Waals surface area contributed by atoms with Crippen LogP contribution in [0.4, 0.5) is 4.39 Å². The zero-order valence-corrected chi connectivity index (χ0v) is 11.3. The summed E-state index contributed by atoms with van der Waals surface area (Å²) >= 11 is 4.88. The molecule has 1 unspecified atom stereocenters. The van der Waals surface area contributed by atoms with Gasteiger partial charge in [-0.15, -0.1) is 0 Å². The van der Waals surface area contributed by atoms with E-state index in [1.165, 1.54) is 12.1 Å². The lowest BCUT2D eigenvalue weighted by atomic mass is 9.95. The van der Waals surface area contributed by atoms with E-state index in [2.05, 4.69) is 5.32 Å². The lowest BCUT2D eigenvalue weighted by Gasteiger charge is -2.18. The van der Waals surface area contributed by atoms with Crippen LogP contribution in [0, 0.1) is 17.7 Å². The molecule has 0 spiro atoms. The maximum absolute atomic E-state index is 12.7. The Bertz CT molecular complexity index is 431. The fourth-order valence-electron chi connectivity index (χ4n) is 1.66. The average Bonchev–Trinajstić information content (AvgIpc) is 2.27. The number of hydrogen-bond donors (Lipinski definition) is 2. The van der Waals surface area contributed by atoms with Crippen molar-refractivity contribution in [1.82, 2.24) is 5.32 Å². The van der Waals surface area contributed by atoms with Gasteiger partial charge in [0.1, 0.15) is 5.82 Å². The summed E-state index contributed by atoms with van der Waals surface area (Å²) in [7, 11) is 0. The first-order chi connectivity index (χ1) is 8.41. The third-order valence-corrected chi connectivity index (χ3v) is 2.89. The van der Waals surface area contributed by atoms with Crippen molar-refractivity contribution in [3.05, 3.63) is 35.6 Å². The van der Waals surface area contributed by atoms with Crippen molar-refractivity contribution in [3.8, 4) is 0 Å². The van der Waals surface area contributed by atoms with E-state index in [4.69, 9.17) is 18.0 Å². The molecular formula is C13H17FN2OS. The highest BCUT2D eigenvalue weighted by atomic mass is 32.1. The molecule has 0 bridgehead atoms. The molecule has 0 fully saturated rings. The van der Waals surface area contributed by atoms with Crippen molar-refractivity contribution in [2.45, 2.75) is 20.4 Å². The smallest absolute Gasteiger partial charge is 0.230 e. The Labute approximate surface area is 112 Å². The molecule has 3 nitrogen and oxygen atoms in total. The fourth-order valence-corrected chi connectivity index (χ4v) is 2.04. The molecular weight excluding hydrogens is 251 g/mol. The Morgan fingerprint density at radius 3 is 2.39 bits per heavy atom. The van der Waals surface area contributed by atoms with E-state index in [1.807, 2.05) is 13.8 Å². The largest absolute Gasteiger partial charge is 0.393 e. The van der Waals surface area contributed by atoms with Crippen LogP contribution < -0.4 is 11.1 Å². The summed E-state index contributed by atoms with van der Waals surface area (Å²) in [6, 6.07) is 5.96. The standard InChI is InChI=1S/C13H17FN2OS/c1-8(2)11(12(15)18)13(17)16-7-9-3-5-10(14)6-4-9/h3-6,8,11H,7H2,1-2H3,(H2,15,18)(H,16,17). The molecule has 0 radical (unpaired) electrons. The van der Waals surface area contributed by atoms with Crippen molar-refractivity contribution in [1.29, 1.82) is 0 Å². The average molecular weight is 268 g/mol. The summed E-state index contributed by atoms with van der Waals surface area (Å²) in [6.07, 6.45) is 0. The van der Waals surface area contributed by atoms with Gasteiger partial charge in [0, 0.05) is 6.54 Å². The monoisotopic (exact) mass is 268 g/mol. The number of thiocarbonyl (C=S) groups is 1. The topological polar surface area (TPSA) is 55.1 Å². The Balaban J connectivity index is 2.59. The molecule has 0 saturated heterocycles. The molecule has 0 heterocycles. The number of nitrogens with one attached hydrogen (secondary N) is 1. The number of carbonyl (C=O) groups is 1. The Hall–Kier alpha value is -1.49. The quantitative estimate of drug-likeness (QED) is 0.803. The molecule has 0 saturated carbocycles. The highest BCUT2D eigenvalue weighted by Crippen LogP contribution is 2.12. The van der Waals surface area contributed by atoms with Gasteiger partial charge in [-0.25, -0.2) is 4.39 Å². The Morgan fingerprint density at radius 2 is 1.94 bits per heavy atom. The number of carbonyl (C=O) groups excluding carboxylic acids is 1. The Kier molecular flexibility index (Phi) is 5.22. The molecule has 98 valence electrons. The minimum absolute atomic E-state index is 0.0516. The van der Waals surface area contributed by atoms with Gasteiger partial charge in [-0.3, -0.25) is 4.79 Å². The summed E-state index contributed by atoms with van der Waals surface area (Å²) in [5.74, 6) is -0.911. The number of rotatable bonds is 5. The van der Waals surface area contributed by atoms with E-state index in [9.17, 15) is 9.18 Å². The van der Waals surface area contributed by atoms with Crippen LogP contribution in [-0.2, 0) is 11.3 Å². The molecule has 1 amide bonds. The second kappa shape index (κ2) is 6.44. The molecule has 1 aromatic rings. The van der Waals surface area contributed by atoms with Gasteiger partial charge < -0.3 is 11.1 Å². The molecule has 5 heteroatoms. The van der Waals surface area contributed by atoms with Gasteiger partial charge in [-0.1, -0.05) is 38.2 Å². The lowest BCUT2D eigenvalue weighted by Crippen LogP contribution is -2.40. The van der Waals surface area contributed by atoms with Crippen molar-refractivity contribution in [3.63, 3.8) is 0 Å². The zero-order chi connectivity index (χ0) is 13.7. The van der Waals surface area contributed by atoms with E-state index in [-0.39, 0.29) is 22.6 Å². The van der Waals surface area contributed by atoms with E-state index in [0.29, 0.717) is 6.54 Å². The van der Waals surface area contributed by atoms with Crippen molar-refractivity contribution < 1.29 is 9.18 Å². The van der Waals surface area contributed by atoms with Crippen LogP contribution in [0.3, 0.4) is 0 Å². The maximum atomic E-state index is 12.7. The van der Waals surface area contributed by atoms with Gasteiger partial charge >= 0.3 is 0 Å². The van der Waals surface area contributed by atoms with E-state index < -0.39 is 5.92 Å². The third-order valence-electron chi connectivity index (χ3n) is 2.64. The number of hydrogen-bond acceptors (Lipinski definition) is 2. The van der Waals surface area contributed by atoms with Crippen LogP contribution in [0.25, 0.3) is 0 Å². The highest BCUT2D eigenvalue weighted by molar-refractivity contribution is 7.80. The summed E-state index contributed by atoms with van der Waals surface area (Å²) < 4.78 is 12.7. The minimum Gasteiger partial charge on any atom is -0.393 e. The predicted molar refractivity (Wildman–Crippen MR) is 73.4 cm³/mol. The molecule has 0 aromatic heterocycles. The molecule has 18 heavy (non-hydrogen) atoms. The number of amides is 1. The van der Waals surface area contributed by atoms with Crippen LogP contribution in [0.5, 0.6) is 0 Å². The van der Waals surface area contributed by atoms with Crippen LogP contribution in [0.1, 0.15) is 19.4 Å². The summed E-state index contributed by atoms with van der Waals surface area (Å²) in [5, 5.41) is 2.75. The number of nitrogens with two attached hydrogens (primary N) is 1. The van der Waals surface area contributed by atoms with Crippen LogP contribution in [0.2, 0.25) is 0 Å². The number of halogens is 1. The molecule has 0 aliphatic carbocycles.